The van der Waals surface area contributed by atoms with Crippen molar-refractivity contribution in [1.82, 2.24) is 4.98 Å². The number of rotatable bonds is 5. The number of H-pyrrole nitrogens is 1. The van der Waals surface area contributed by atoms with Crippen LogP contribution in [0.2, 0.25) is 0 Å². The monoisotopic (exact) mass is 634 g/mol. The van der Waals surface area contributed by atoms with Crippen molar-refractivity contribution in [2.45, 2.75) is 35.4 Å². The van der Waals surface area contributed by atoms with Crippen LogP contribution in [0.3, 0.4) is 0 Å². The smallest absolute Gasteiger partial charge is 0.416 e. The molecule has 0 radical (unpaired) electrons. The summed E-state index contributed by atoms with van der Waals surface area (Å²) in [6.45, 7) is 0.430. The SMILES string of the molecule is O=C1C2C(C(=O)N1c1cccc(C(F)(F)F)c1)[C@@H]1C[C@H]2C2Sc3[nH]c(=O)sc3C(c3ccc(OCc4ccccc4)cc3)C21. The predicted molar refractivity (Wildman–Crippen MR) is 160 cm³/mol. The van der Waals surface area contributed by atoms with Crippen LogP contribution in [0, 0.1) is 29.6 Å². The van der Waals surface area contributed by atoms with E-state index in [1.807, 2.05) is 54.6 Å². The fourth-order valence-electron chi connectivity index (χ4n) is 7.98. The maximum atomic E-state index is 13.9. The van der Waals surface area contributed by atoms with Gasteiger partial charge in [-0.25, -0.2) is 0 Å². The van der Waals surface area contributed by atoms with Gasteiger partial charge in [-0.3, -0.25) is 19.3 Å². The van der Waals surface area contributed by atoms with E-state index < -0.39 is 35.4 Å². The molecule has 1 aromatic heterocycles. The number of hydrogen-bond acceptors (Lipinski definition) is 6. The lowest BCUT2D eigenvalue weighted by atomic mass is 9.68. The van der Waals surface area contributed by atoms with Crippen molar-refractivity contribution in [1.29, 1.82) is 0 Å². The second-order valence-corrected chi connectivity index (χ2v) is 14.1. The van der Waals surface area contributed by atoms with Crippen molar-refractivity contribution >= 4 is 40.6 Å². The summed E-state index contributed by atoms with van der Waals surface area (Å²) < 4.78 is 46.4. The van der Waals surface area contributed by atoms with E-state index in [0.29, 0.717) is 18.8 Å². The van der Waals surface area contributed by atoms with E-state index >= 15 is 0 Å². The summed E-state index contributed by atoms with van der Waals surface area (Å²) in [5.41, 5.74) is 1.12. The van der Waals surface area contributed by atoms with Crippen LogP contribution in [0.5, 0.6) is 5.75 Å². The highest BCUT2D eigenvalue weighted by molar-refractivity contribution is 8.00. The zero-order chi connectivity index (χ0) is 30.3. The van der Waals surface area contributed by atoms with Gasteiger partial charge in [-0.1, -0.05) is 59.9 Å². The number of anilines is 1. The number of hydrogen-bond donors (Lipinski definition) is 1. The molecule has 2 bridgehead atoms. The van der Waals surface area contributed by atoms with Crippen molar-refractivity contribution < 1.29 is 27.5 Å². The Bertz CT molecular complexity index is 1840. The largest absolute Gasteiger partial charge is 0.489 e. The van der Waals surface area contributed by atoms with Crippen molar-refractivity contribution in [3.05, 3.63) is 110 Å². The lowest BCUT2D eigenvalue weighted by molar-refractivity contribution is -0.137. The highest BCUT2D eigenvalue weighted by atomic mass is 32.2. The van der Waals surface area contributed by atoms with Gasteiger partial charge in [0.05, 0.1) is 28.1 Å². The molecule has 11 heteroatoms. The van der Waals surface area contributed by atoms with E-state index in [-0.39, 0.29) is 39.5 Å². The minimum Gasteiger partial charge on any atom is -0.489 e. The summed E-state index contributed by atoms with van der Waals surface area (Å²) in [4.78, 5) is 45.0. The molecule has 3 heterocycles. The first-order valence-electron chi connectivity index (χ1n) is 14.4. The molecule has 7 atom stereocenters. The van der Waals surface area contributed by atoms with Gasteiger partial charge in [0.2, 0.25) is 11.8 Å². The van der Waals surface area contributed by atoms with Crippen molar-refractivity contribution in [2.75, 3.05) is 4.90 Å². The number of ether oxygens (including phenoxy) is 1. The minimum atomic E-state index is -4.59. The molecule has 4 aliphatic rings. The van der Waals surface area contributed by atoms with Crippen LogP contribution in [-0.4, -0.2) is 22.0 Å². The number of thiazole rings is 1. The number of thioether (sulfide) groups is 1. The highest BCUT2D eigenvalue weighted by Gasteiger charge is 2.69. The van der Waals surface area contributed by atoms with Crippen LogP contribution >= 0.6 is 23.1 Å². The first-order chi connectivity index (χ1) is 21.2. The number of benzene rings is 3. The lowest BCUT2D eigenvalue weighted by Gasteiger charge is -2.43. The molecule has 8 rings (SSSR count). The number of fused-ring (bicyclic) bond motifs is 9. The van der Waals surface area contributed by atoms with Crippen LogP contribution < -0.4 is 14.5 Å². The number of aromatic amines is 1. The molecule has 0 spiro atoms. The van der Waals surface area contributed by atoms with Crippen molar-refractivity contribution in [3.63, 3.8) is 0 Å². The van der Waals surface area contributed by atoms with E-state index in [0.717, 1.165) is 38.1 Å². The lowest BCUT2D eigenvalue weighted by Crippen LogP contribution is -2.42. The van der Waals surface area contributed by atoms with Gasteiger partial charge in [-0.15, -0.1) is 11.8 Å². The predicted octanol–water partition coefficient (Wildman–Crippen LogP) is 6.71. The standard InChI is InChI=1S/C33H25F3N2O4S2/c34-33(35,36)18-7-4-8-19(13-18)38-30(39)25-21-14-22(26(25)31(38)40)27-24(21)23(28-29(43-27)37-32(41)44-28)17-9-11-20(12-10-17)42-15-16-5-2-1-3-6-16/h1-13,21-27H,14-15H2,(H,37,41)/t21-,22-,23?,24?,25?,26?,27?/m1/s1. The van der Waals surface area contributed by atoms with Crippen molar-refractivity contribution in [3.8, 4) is 5.75 Å². The Balaban J connectivity index is 1.12. The first kappa shape index (κ1) is 27.7. The number of aromatic nitrogens is 1. The zero-order valence-electron chi connectivity index (χ0n) is 23.0. The third-order valence-corrected chi connectivity index (χ3v) is 12.2. The number of nitrogens with one attached hydrogen (secondary N) is 1. The Morgan fingerprint density at radius 1 is 0.886 bits per heavy atom. The molecular weight excluding hydrogens is 610 g/mol. The number of carbonyl (C=O) groups excluding carboxylic acids is 2. The summed E-state index contributed by atoms with van der Waals surface area (Å²) in [6.07, 6.45) is -3.90. The molecule has 1 N–H and O–H groups in total. The van der Waals surface area contributed by atoms with Gasteiger partial charge in [0.15, 0.2) is 0 Å². The Morgan fingerprint density at radius 3 is 2.34 bits per heavy atom. The maximum absolute atomic E-state index is 13.9. The number of halogens is 3. The Morgan fingerprint density at radius 2 is 1.61 bits per heavy atom. The molecule has 1 saturated heterocycles. The molecule has 3 aromatic carbocycles. The third-order valence-electron chi connectivity index (χ3n) is 9.64. The molecule has 6 nitrogen and oxygen atoms in total. The van der Waals surface area contributed by atoms with Gasteiger partial charge in [-0.05, 0) is 65.6 Å². The van der Waals surface area contributed by atoms with Gasteiger partial charge in [0, 0.05) is 16.0 Å². The number of amides is 2. The second kappa shape index (κ2) is 10.1. The summed E-state index contributed by atoms with van der Waals surface area (Å²) in [5, 5.41) is 0.780. The summed E-state index contributed by atoms with van der Waals surface area (Å²) in [5.74, 6) is -1.76. The normalized spacial score (nSPS) is 28.6. The Hall–Kier alpha value is -3.83. The number of nitrogens with zero attached hydrogens (tertiary/aromatic N) is 1. The van der Waals surface area contributed by atoms with E-state index in [1.165, 1.54) is 23.5 Å². The molecule has 2 saturated carbocycles. The second-order valence-electron chi connectivity index (χ2n) is 11.9. The fourth-order valence-corrected chi connectivity index (χ4v) is 10.9. The first-order valence-corrected chi connectivity index (χ1v) is 16.1. The summed E-state index contributed by atoms with van der Waals surface area (Å²) in [6, 6.07) is 22.1. The molecule has 2 aliphatic heterocycles. The molecule has 2 amide bonds. The van der Waals surface area contributed by atoms with Crippen molar-refractivity contribution in [2.24, 2.45) is 29.6 Å². The zero-order valence-corrected chi connectivity index (χ0v) is 24.6. The van der Waals surface area contributed by atoms with E-state index in [4.69, 9.17) is 4.74 Å². The fraction of sp³-hybridized carbons (Fsp3) is 0.303. The Labute approximate surface area is 258 Å². The number of imide groups is 1. The van der Waals surface area contributed by atoms with E-state index in [9.17, 15) is 27.6 Å². The third kappa shape index (κ3) is 4.27. The van der Waals surface area contributed by atoms with Gasteiger partial charge >= 0.3 is 11.0 Å². The van der Waals surface area contributed by atoms with E-state index in [2.05, 4.69) is 4.98 Å². The molecule has 224 valence electrons. The topological polar surface area (TPSA) is 79.5 Å². The molecular formula is C33H25F3N2O4S2. The van der Waals surface area contributed by atoms with Gasteiger partial charge < -0.3 is 9.72 Å². The molecule has 4 aromatic rings. The average Bonchev–Trinajstić information content (AvgIpc) is 3.75. The van der Waals surface area contributed by atoms with Crippen LogP contribution in [-0.2, 0) is 22.4 Å². The molecule has 44 heavy (non-hydrogen) atoms. The van der Waals surface area contributed by atoms with Gasteiger partial charge in [-0.2, -0.15) is 13.2 Å². The molecule has 5 unspecified atom stereocenters. The Kier molecular flexibility index (Phi) is 6.36. The summed E-state index contributed by atoms with van der Waals surface area (Å²) in [7, 11) is 0. The minimum absolute atomic E-state index is 0.0144. The summed E-state index contributed by atoms with van der Waals surface area (Å²) >= 11 is 2.75. The molecule has 2 aliphatic carbocycles. The average molecular weight is 635 g/mol. The van der Waals surface area contributed by atoms with Gasteiger partial charge in [0.1, 0.15) is 12.4 Å². The highest BCUT2D eigenvalue weighted by Crippen LogP contribution is 2.68. The molecule has 3 fully saturated rings. The van der Waals surface area contributed by atoms with E-state index in [1.54, 1.807) is 11.8 Å². The van der Waals surface area contributed by atoms with Gasteiger partial charge in [0.25, 0.3) is 0 Å². The number of carbonyl (C=O) groups is 2. The van der Waals surface area contributed by atoms with Crippen LogP contribution in [0.15, 0.2) is 88.7 Å². The van der Waals surface area contributed by atoms with Crippen LogP contribution in [0.25, 0.3) is 0 Å². The van der Waals surface area contributed by atoms with Crippen LogP contribution in [0.1, 0.15) is 33.9 Å². The quantitative estimate of drug-likeness (QED) is 0.247. The van der Waals surface area contributed by atoms with Crippen LogP contribution in [0.4, 0.5) is 18.9 Å². The maximum Gasteiger partial charge on any atom is 0.416 e. The number of alkyl halides is 3.